The Bertz CT molecular complexity index is 947. The highest BCUT2D eigenvalue weighted by molar-refractivity contribution is 6.33. The van der Waals surface area contributed by atoms with Crippen LogP contribution < -0.4 is 10.9 Å². The number of nitrogens with zero attached hydrogens (tertiary/aromatic N) is 2. The lowest BCUT2D eigenvalue weighted by atomic mass is 9.99. The zero-order valence-corrected chi connectivity index (χ0v) is 18.7. The van der Waals surface area contributed by atoms with Gasteiger partial charge in [0, 0.05) is 0 Å². The summed E-state index contributed by atoms with van der Waals surface area (Å²) in [5.41, 5.74) is 6.88. The molecule has 1 heterocycles. The van der Waals surface area contributed by atoms with Gasteiger partial charge in [-0.2, -0.15) is 10.2 Å². The molecule has 0 aromatic heterocycles. The fourth-order valence-electron chi connectivity index (χ4n) is 3.27. The van der Waals surface area contributed by atoms with Crippen molar-refractivity contribution in [1.29, 1.82) is 0 Å². The summed E-state index contributed by atoms with van der Waals surface area (Å²) in [6.45, 7) is -1.40. The largest absolute Gasteiger partial charge is 0.394 e. The van der Waals surface area contributed by atoms with Crippen LogP contribution in [0, 0.1) is 0 Å². The molecule has 1 aliphatic heterocycles. The smallest absolute Gasteiger partial charge is 0.187 e. The molecule has 0 radical (unpaired) electrons. The Morgan fingerprint density at radius 1 is 0.914 bits per heavy atom. The number of aliphatic hydroxyl groups is 6. The van der Waals surface area contributed by atoms with E-state index in [-0.39, 0.29) is 5.71 Å². The van der Waals surface area contributed by atoms with E-state index in [1.54, 1.807) is 36.4 Å². The highest BCUT2D eigenvalue weighted by Gasteiger charge is 2.45. The van der Waals surface area contributed by atoms with E-state index in [0.717, 1.165) is 0 Å². The number of benzene rings is 2. The van der Waals surface area contributed by atoms with Crippen molar-refractivity contribution >= 4 is 23.3 Å². The zero-order chi connectivity index (χ0) is 25.2. The van der Waals surface area contributed by atoms with Crippen LogP contribution >= 0.6 is 0 Å². The molecule has 2 aromatic rings. The van der Waals surface area contributed by atoms with Crippen molar-refractivity contribution in [2.75, 3.05) is 24.1 Å². The number of para-hydroxylation sites is 2. The lowest BCUT2D eigenvalue weighted by molar-refractivity contribution is -0.310. The molecule has 3 rings (SSSR count). The Morgan fingerprint density at radius 2 is 1.51 bits per heavy atom. The van der Waals surface area contributed by atoms with Gasteiger partial charge in [0.15, 0.2) is 6.29 Å². The summed E-state index contributed by atoms with van der Waals surface area (Å²) in [6.07, 6.45) is -9.48. The molecule has 8 N–H and O–H groups in total. The quantitative estimate of drug-likeness (QED) is 0.145. The van der Waals surface area contributed by atoms with Gasteiger partial charge in [-0.3, -0.25) is 10.9 Å². The van der Waals surface area contributed by atoms with Crippen molar-refractivity contribution in [2.24, 2.45) is 10.2 Å². The summed E-state index contributed by atoms with van der Waals surface area (Å²) >= 11 is 0. The van der Waals surface area contributed by atoms with Gasteiger partial charge in [-0.1, -0.05) is 36.4 Å². The second-order valence-corrected chi connectivity index (χ2v) is 7.75. The first-order chi connectivity index (χ1) is 16.9. The first-order valence-corrected chi connectivity index (χ1v) is 10.9. The third kappa shape index (κ3) is 7.27. The van der Waals surface area contributed by atoms with Gasteiger partial charge in [-0.15, -0.1) is 0 Å². The number of ether oxygens (including phenoxy) is 2. The maximum absolute atomic E-state index is 10.5. The topological polar surface area (TPSA) is 189 Å². The monoisotopic (exact) mass is 490 g/mol. The van der Waals surface area contributed by atoms with Gasteiger partial charge < -0.3 is 40.1 Å². The Hall–Kier alpha value is -2.94. The standard InChI is InChI=1S/C23H30N4O8/c28-12-17(30)22(35-23-21(33)20(32)19(31)18(13-29)34-23)16(27-26-15-9-5-2-6-10-15)11-24-25-14-7-3-1-4-8-14/h1-11,17-23,25-26,28-33H,12-13H2/b24-11+,27-16+/t17-,18-,19+,20+,21-,22+,23+/m1/s1. The Morgan fingerprint density at radius 3 is 2.09 bits per heavy atom. The first-order valence-electron chi connectivity index (χ1n) is 10.9. The molecule has 35 heavy (non-hydrogen) atoms. The van der Waals surface area contributed by atoms with E-state index in [4.69, 9.17) is 9.47 Å². The molecule has 1 saturated heterocycles. The van der Waals surface area contributed by atoms with E-state index < -0.39 is 56.1 Å². The number of hydrazone groups is 2. The maximum atomic E-state index is 10.5. The molecule has 1 fully saturated rings. The normalized spacial score (nSPS) is 26.9. The van der Waals surface area contributed by atoms with Crippen molar-refractivity contribution in [2.45, 2.75) is 42.9 Å². The third-order valence-electron chi connectivity index (χ3n) is 5.21. The second kappa shape index (κ2) is 13.2. The predicted molar refractivity (Wildman–Crippen MR) is 128 cm³/mol. The Kier molecular flexibility index (Phi) is 10.1. The highest BCUT2D eigenvalue weighted by atomic mass is 16.7. The number of aliphatic hydroxyl groups excluding tert-OH is 6. The second-order valence-electron chi connectivity index (χ2n) is 7.75. The maximum Gasteiger partial charge on any atom is 0.187 e. The summed E-state index contributed by atoms with van der Waals surface area (Å²) in [5.74, 6) is 0. The lowest BCUT2D eigenvalue weighted by Crippen LogP contribution is -2.60. The van der Waals surface area contributed by atoms with Gasteiger partial charge in [-0.25, -0.2) is 0 Å². The fourth-order valence-corrected chi connectivity index (χ4v) is 3.27. The van der Waals surface area contributed by atoms with Gasteiger partial charge in [-0.05, 0) is 24.3 Å². The van der Waals surface area contributed by atoms with Crippen LogP contribution in [0.2, 0.25) is 0 Å². The van der Waals surface area contributed by atoms with Crippen molar-refractivity contribution in [1.82, 2.24) is 0 Å². The van der Waals surface area contributed by atoms with Crippen LogP contribution in [0.5, 0.6) is 0 Å². The molecule has 0 saturated carbocycles. The van der Waals surface area contributed by atoms with Gasteiger partial charge in [0.25, 0.3) is 0 Å². The minimum absolute atomic E-state index is 0.00389. The molecule has 0 amide bonds. The summed E-state index contributed by atoms with van der Waals surface area (Å²) < 4.78 is 11.1. The first kappa shape index (κ1) is 26.7. The number of hydrogen-bond donors (Lipinski definition) is 8. The van der Waals surface area contributed by atoms with Crippen molar-refractivity contribution < 1.29 is 40.1 Å². The van der Waals surface area contributed by atoms with E-state index in [1.807, 2.05) is 24.3 Å². The molecule has 12 heteroatoms. The zero-order valence-electron chi connectivity index (χ0n) is 18.7. The molecule has 0 unspecified atom stereocenters. The minimum atomic E-state index is -1.72. The Balaban J connectivity index is 1.87. The van der Waals surface area contributed by atoms with Gasteiger partial charge in [0.05, 0.1) is 30.8 Å². The predicted octanol–water partition coefficient (Wildman–Crippen LogP) is -0.909. The Labute approximate surface area is 201 Å². The molecular formula is C23H30N4O8. The summed E-state index contributed by atoms with van der Waals surface area (Å²) in [4.78, 5) is 0. The molecule has 7 atom stereocenters. The van der Waals surface area contributed by atoms with Crippen molar-refractivity contribution in [3.05, 3.63) is 60.7 Å². The van der Waals surface area contributed by atoms with Crippen molar-refractivity contribution in [3.8, 4) is 0 Å². The van der Waals surface area contributed by atoms with Crippen LogP contribution in [0.1, 0.15) is 0 Å². The van der Waals surface area contributed by atoms with Crippen LogP contribution in [0.3, 0.4) is 0 Å². The summed E-state index contributed by atoms with van der Waals surface area (Å²) in [5, 5.41) is 68.3. The van der Waals surface area contributed by atoms with E-state index in [0.29, 0.717) is 11.4 Å². The average molecular weight is 491 g/mol. The highest BCUT2D eigenvalue weighted by Crippen LogP contribution is 2.24. The van der Waals surface area contributed by atoms with Gasteiger partial charge in [0.2, 0.25) is 0 Å². The minimum Gasteiger partial charge on any atom is -0.394 e. The van der Waals surface area contributed by atoms with Crippen molar-refractivity contribution in [3.63, 3.8) is 0 Å². The SMILES string of the molecule is OC[C@@H](O)[C@@H](O[C@@H]1O[C@H](CO)[C@H](O)[C@H](O)[C@H]1O)C(/C=N/Nc1ccccc1)=N/Nc1ccccc1. The average Bonchev–Trinajstić information content (AvgIpc) is 2.90. The molecule has 12 nitrogen and oxygen atoms in total. The number of hydrogen-bond acceptors (Lipinski definition) is 12. The number of anilines is 2. The molecule has 1 aliphatic rings. The van der Waals surface area contributed by atoms with Crippen LogP contribution in [0.15, 0.2) is 70.9 Å². The number of rotatable bonds is 11. The van der Waals surface area contributed by atoms with E-state index in [9.17, 15) is 30.6 Å². The van der Waals surface area contributed by atoms with Crippen LogP contribution in [-0.4, -0.2) is 98.7 Å². The van der Waals surface area contributed by atoms with Gasteiger partial charge >= 0.3 is 0 Å². The molecule has 190 valence electrons. The van der Waals surface area contributed by atoms with E-state index in [2.05, 4.69) is 21.1 Å². The van der Waals surface area contributed by atoms with Crippen LogP contribution in [0.4, 0.5) is 11.4 Å². The molecular weight excluding hydrogens is 460 g/mol. The lowest BCUT2D eigenvalue weighted by Gasteiger charge is -2.41. The molecule has 0 aliphatic carbocycles. The van der Waals surface area contributed by atoms with E-state index >= 15 is 0 Å². The van der Waals surface area contributed by atoms with E-state index in [1.165, 1.54) is 6.21 Å². The molecule has 2 aromatic carbocycles. The van der Waals surface area contributed by atoms with Gasteiger partial charge in [0.1, 0.15) is 42.3 Å². The summed E-state index contributed by atoms with van der Waals surface area (Å²) in [6, 6.07) is 17.9. The fraction of sp³-hybridized carbons (Fsp3) is 0.391. The third-order valence-corrected chi connectivity index (χ3v) is 5.21. The van der Waals surface area contributed by atoms with Crippen LogP contribution in [0.25, 0.3) is 0 Å². The number of nitrogens with one attached hydrogen (secondary N) is 2. The molecule has 0 spiro atoms. The van der Waals surface area contributed by atoms with Crippen LogP contribution in [-0.2, 0) is 9.47 Å². The molecule has 0 bridgehead atoms. The summed E-state index contributed by atoms with van der Waals surface area (Å²) in [7, 11) is 0.